The number of hydrogen-bond donors (Lipinski definition) is 0. The molecule has 0 aromatic rings. The standard InChI is InChI=1S/C18H34O6/c1-11(2)9-21-17(19)23-15(13(5)6)16(14(7)8)24-18(20)22-10-12(3)4/h11-16H,9-10H2,1-8H3. The van der Waals surface area contributed by atoms with Gasteiger partial charge in [-0.3, -0.25) is 0 Å². The summed E-state index contributed by atoms with van der Waals surface area (Å²) in [6.07, 6.45) is -2.69. The van der Waals surface area contributed by atoms with E-state index >= 15 is 0 Å². The minimum atomic E-state index is -0.743. The van der Waals surface area contributed by atoms with E-state index in [4.69, 9.17) is 18.9 Å². The summed E-state index contributed by atoms with van der Waals surface area (Å²) in [5.74, 6) is 0.361. The summed E-state index contributed by atoms with van der Waals surface area (Å²) in [7, 11) is 0. The van der Waals surface area contributed by atoms with E-state index in [9.17, 15) is 9.59 Å². The monoisotopic (exact) mass is 346 g/mol. The van der Waals surface area contributed by atoms with Crippen LogP contribution in [0.4, 0.5) is 9.59 Å². The highest BCUT2D eigenvalue weighted by Crippen LogP contribution is 2.22. The van der Waals surface area contributed by atoms with Crippen molar-refractivity contribution in [1.82, 2.24) is 0 Å². The molecule has 0 rings (SSSR count). The largest absolute Gasteiger partial charge is 0.508 e. The van der Waals surface area contributed by atoms with Gasteiger partial charge in [0.25, 0.3) is 0 Å². The third-order valence-electron chi connectivity index (χ3n) is 3.17. The molecule has 142 valence electrons. The molecule has 0 spiro atoms. The van der Waals surface area contributed by atoms with E-state index in [2.05, 4.69) is 0 Å². The number of ether oxygens (including phenoxy) is 4. The molecule has 2 unspecified atom stereocenters. The van der Waals surface area contributed by atoms with Crippen LogP contribution in [0, 0.1) is 23.7 Å². The quantitative estimate of drug-likeness (QED) is 0.566. The van der Waals surface area contributed by atoms with Gasteiger partial charge in [0.15, 0.2) is 0 Å². The molecule has 0 aliphatic carbocycles. The molecule has 0 saturated carbocycles. The fraction of sp³-hybridized carbons (Fsp3) is 0.889. The summed E-state index contributed by atoms with van der Waals surface area (Å²) in [5, 5.41) is 0. The zero-order valence-electron chi connectivity index (χ0n) is 16.3. The molecule has 6 nitrogen and oxygen atoms in total. The molecule has 0 heterocycles. The lowest BCUT2D eigenvalue weighted by Gasteiger charge is -2.31. The fourth-order valence-electron chi connectivity index (χ4n) is 1.92. The number of rotatable bonds is 9. The molecule has 0 aromatic heterocycles. The molecular weight excluding hydrogens is 312 g/mol. The van der Waals surface area contributed by atoms with Gasteiger partial charge in [-0.05, 0) is 23.7 Å². The van der Waals surface area contributed by atoms with Gasteiger partial charge in [-0.25, -0.2) is 9.59 Å². The minimum absolute atomic E-state index is 0.0399. The molecule has 0 radical (unpaired) electrons. The molecule has 0 aromatic carbocycles. The van der Waals surface area contributed by atoms with Crippen molar-refractivity contribution in [2.75, 3.05) is 13.2 Å². The van der Waals surface area contributed by atoms with E-state index in [1.807, 2.05) is 55.4 Å². The number of carbonyl (C=O) groups is 2. The average molecular weight is 346 g/mol. The van der Waals surface area contributed by atoms with Gasteiger partial charge in [0.05, 0.1) is 13.2 Å². The maximum Gasteiger partial charge on any atom is 0.508 e. The Morgan fingerprint density at radius 1 is 0.625 bits per heavy atom. The van der Waals surface area contributed by atoms with Crippen LogP contribution in [-0.4, -0.2) is 37.7 Å². The van der Waals surface area contributed by atoms with E-state index in [-0.39, 0.29) is 36.9 Å². The third kappa shape index (κ3) is 9.63. The Hall–Kier alpha value is -1.46. The molecule has 0 fully saturated rings. The van der Waals surface area contributed by atoms with Crippen LogP contribution in [0.3, 0.4) is 0 Å². The van der Waals surface area contributed by atoms with E-state index < -0.39 is 24.5 Å². The highest BCUT2D eigenvalue weighted by atomic mass is 16.8. The average Bonchev–Trinajstić information content (AvgIpc) is 2.45. The second kappa shape index (κ2) is 11.2. The van der Waals surface area contributed by atoms with Gasteiger partial charge >= 0.3 is 12.3 Å². The van der Waals surface area contributed by atoms with Crippen molar-refractivity contribution in [2.45, 2.75) is 67.6 Å². The predicted octanol–water partition coefficient (Wildman–Crippen LogP) is 4.65. The second-order valence-corrected chi connectivity index (χ2v) is 7.56. The van der Waals surface area contributed by atoms with Crippen LogP contribution >= 0.6 is 0 Å². The molecule has 24 heavy (non-hydrogen) atoms. The van der Waals surface area contributed by atoms with Crippen molar-refractivity contribution in [3.63, 3.8) is 0 Å². The Morgan fingerprint density at radius 2 is 0.917 bits per heavy atom. The Morgan fingerprint density at radius 3 is 1.12 bits per heavy atom. The molecule has 0 N–H and O–H groups in total. The fourth-order valence-corrected chi connectivity index (χ4v) is 1.92. The first-order chi connectivity index (χ1) is 11.0. The predicted molar refractivity (Wildman–Crippen MR) is 91.8 cm³/mol. The van der Waals surface area contributed by atoms with Crippen molar-refractivity contribution in [3.05, 3.63) is 0 Å². The molecule has 2 atom stereocenters. The van der Waals surface area contributed by atoms with Crippen molar-refractivity contribution in [3.8, 4) is 0 Å². The highest BCUT2D eigenvalue weighted by molar-refractivity contribution is 5.61. The van der Waals surface area contributed by atoms with Crippen molar-refractivity contribution < 1.29 is 28.5 Å². The molecule has 0 bridgehead atoms. The zero-order chi connectivity index (χ0) is 18.9. The lowest BCUT2D eigenvalue weighted by molar-refractivity contribution is -0.0877. The molecule has 0 amide bonds. The molecule has 6 heteroatoms. The third-order valence-corrected chi connectivity index (χ3v) is 3.17. The van der Waals surface area contributed by atoms with Crippen molar-refractivity contribution >= 4 is 12.3 Å². The lowest BCUT2D eigenvalue weighted by Crippen LogP contribution is -2.42. The van der Waals surface area contributed by atoms with Crippen LogP contribution in [0.15, 0.2) is 0 Å². The van der Waals surface area contributed by atoms with Crippen molar-refractivity contribution in [1.29, 1.82) is 0 Å². The van der Waals surface area contributed by atoms with Gasteiger partial charge in [0.2, 0.25) is 0 Å². The normalized spacial score (nSPS) is 14.0. The first kappa shape index (κ1) is 22.5. The molecular formula is C18H34O6. The maximum absolute atomic E-state index is 11.9. The zero-order valence-corrected chi connectivity index (χ0v) is 16.3. The van der Waals surface area contributed by atoms with Crippen LogP contribution in [0.5, 0.6) is 0 Å². The lowest BCUT2D eigenvalue weighted by atomic mass is 9.93. The summed E-state index contributed by atoms with van der Waals surface area (Å²) in [4.78, 5) is 23.7. The Kier molecular flexibility index (Phi) is 10.5. The first-order valence-electron chi connectivity index (χ1n) is 8.71. The van der Waals surface area contributed by atoms with Crippen LogP contribution in [0.1, 0.15) is 55.4 Å². The smallest absolute Gasteiger partial charge is 0.434 e. The van der Waals surface area contributed by atoms with Crippen LogP contribution in [-0.2, 0) is 18.9 Å². The summed E-state index contributed by atoms with van der Waals surface area (Å²) < 4.78 is 21.0. The Labute approximate surface area is 146 Å². The van der Waals surface area contributed by atoms with Gasteiger partial charge in [-0.2, -0.15) is 0 Å². The van der Waals surface area contributed by atoms with E-state index in [1.165, 1.54) is 0 Å². The van der Waals surface area contributed by atoms with E-state index in [0.29, 0.717) is 0 Å². The van der Waals surface area contributed by atoms with Crippen molar-refractivity contribution in [2.24, 2.45) is 23.7 Å². The maximum atomic E-state index is 11.9. The minimum Gasteiger partial charge on any atom is -0.434 e. The van der Waals surface area contributed by atoms with Gasteiger partial charge in [-0.15, -0.1) is 0 Å². The van der Waals surface area contributed by atoms with E-state index in [0.717, 1.165) is 0 Å². The van der Waals surface area contributed by atoms with Gasteiger partial charge in [-0.1, -0.05) is 55.4 Å². The van der Waals surface area contributed by atoms with Crippen LogP contribution in [0.25, 0.3) is 0 Å². The van der Waals surface area contributed by atoms with Gasteiger partial charge in [0, 0.05) is 0 Å². The second-order valence-electron chi connectivity index (χ2n) is 7.56. The van der Waals surface area contributed by atoms with Crippen LogP contribution < -0.4 is 0 Å². The first-order valence-corrected chi connectivity index (χ1v) is 8.71. The highest BCUT2D eigenvalue weighted by Gasteiger charge is 2.35. The summed E-state index contributed by atoms with van der Waals surface area (Å²) >= 11 is 0. The number of carbonyl (C=O) groups excluding carboxylic acids is 2. The van der Waals surface area contributed by atoms with Crippen LogP contribution in [0.2, 0.25) is 0 Å². The molecule has 0 aliphatic heterocycles. The van der Waals surface area contributed by atoms with Gasteiger partial charge in [0.1, 0.15) is 12.2 Å². The molecule has 0 aliphatic rings. The topological polar surface area (TPSA) is 71.1 Å². The molecule has 0 saturated heterocycles. The SMILES string of the molecule is CC(C)COC(=O)OC(C(C)C)C(OC(=O)OCC(C)C)C(C)C. The van der Waals surface area contributed by atoms with E-state index in [1.54, 1.807) is 0 Å². The summed E-state index contributed by atoms with van der Waals surface area (Å²) in [6, 6.07) is 0. The summed E-state index contributed by atoms with van der Waals surface area (Å²) in [5.41, 5.74) is 0. The van der Waals surface area contributed by atoms with Gasteiger partial charge < -0.3 is 18.9 Å². The summed E-state index contributed by atoms with van der Waals surface area (Å²) in [6.45, 7) is 15.9. The number of hydrogen-bond acceptors (Lipinski definition) is 6. The Bertz CT molecular complexity index is 340. The Balaban J connectivity index is 4.84.